The number of carbonyl (C=O) groups is 2. The quantitative estimate of drug-likeness (QED) is 0.794. The number of piperidine rings is 1. The molecule has 20 heavy (non-hydrogen) atoms. The van der Waals surface area contributed by atoms with Gasteiger partial charge in [0.25, 0.3) is 5.78 Å². The van der Waals surface area contributed by atoms with Gasteiger partial charge in [0.1, 0.15) is 0 Å². The minimum absolute atomic E-state index is 0.370. The van der Waals surface area contributed by atoms with Gasteiger partial charge >= 0.3 is 5.91 Å². The number of anilines is 1. The summed E-state index contributed by atoms with van der Waals surface area (Å²) in [6, 6.07) is 7.82. The fraction of sp³-hybridized carbons (Fsp3) is 0.500. The lowest BCUT2D eigenvalue weighted by atomic mass is 10.0. The third-order valence-corrected chi connectivity index (χ3v) is 4.42. The third-order valence-electron chi connectivity index (χ3n) is 4.42. The number of para-hydroxylation sites is 1. The third kappa shape index (κ3) is 2.14. The van der Waals surface area contributed by atoms with Crippen molar-refractivity contribution in [3.63, 3.8) is 0 Å². The maximum atomic E-state index is 12.2. The van der Waals surface area contributed by atoms with Crippen LogP contribution in [0.5, 0.6) is 0 Å². The van der Waals surface area contributed by atoms with E-state index in [1.165, 1.54) is 19.3 Å². The van der Waals surface area contributed by atoms with Crippen LogP contribution < -0.4 is 4.90 Å². The number of Topliss-reactive ketones (excluding diaryl/α,β-unsaturated/α-hetero) is 1. The molecule has 106 valence electrons. The Morgan fingerprint density at radius 1 is 1.20 bits per heavy atom. The predicted octanol–water partition coefficient (Wildman–Crippen LogP) is 2.44. The minimum Gasteiger partial charge on any atom is -0.291 e. The number of likely N-dealkylation sites (tertiary alicyclic amines) is 1. The zero-order valence-corrected chi connectivity index (χ0v) is 11.8. The Balaban J connectivity index is 1.84. The van der Waals surface area contributed by atoms with E-state index in [-0.39, 0.29) is 11.7 Å². The summed E-state index contributed by atoms with van der Waals surface area (Å²) in [5, 5.41) is 0. The summed E-state index contributed by atoms with van der Waals surface area (Å²) in [5.74, 6) is -0.753. The van der Waals surface area contributed by atoms with E-state index in [1.54, 1.807) is 11.0 Å². The molecule has 1 atom stereocenters. The van der Waals surface area contributed by atoms with Gasteiger partial charge in [-0.15, -0.1) is 0 Å². The predicted molar refractivity (Wildman–Crippen MR) is 77.8 cm³/mol. The second-order valence-corrected chi connectivity index (χ2v) is 5.59. The maximum Gasteiger partial charge on any atom is 0.300 e. The fourth-order valence-corrected chi connectivity index (χ4v) is 3.28. The molecule has 0 radical (unpaired) electrons. The minimum atomic E-state index is -0.383. The summed E-state index contributed by atoms with van der Waals surface area (Å²) in [7, 11) is 0. The van der Waals surface area contributed by atoms with Crippen molar-refractivity contribution in [3.05, 3.63) is 29.8 Å². The van der Waals surface area contributed by atoms with Gasteiger partial charge in [-0.3, -0.25) is 19.4 Å². The van der Waals surface area contributed by atoms with Crippen molar-refractivity contribution in [2.24, 2.45) is 0 Å². The van der Waals surface area contributed by atoms with E-state index in [0.29, 0.717) is 18.3 Å². The van der Waals surface area contributed by atoms with Gasteiger partial charge in [-0.1, -0.05) is 25.5 Å². The highest BCUT2D eigenvalue weighted by Gasteiger charge is 2.37. The Labute approximate surface area is 119 Å². The topological polar surface area (TPSA) is 40.6 Å². The van der Waals surface area contributed by atoms with Gasteiger partial charge in [0.2, 0.25) is 0 Å². The van der Waals surface area contributed by atoms with Crippen LogP contribution in [0.25, 0.3) is 0 Å². The number of carbonyl (C=O) groups excluding carboxylic acids is 2. The molecule has 1 aromatic carbocycles. The molecule has 1 amide bonds. The molecule has 2 heterocycles. The fourth-order valence-electron chi connectivity index (χ4n) is 3.28. The molecule has 0 saturated carbocycles. The van der Waals surface area contributed by atoms with Crippen molar-refractivity contribution in [2.75, 3.05) is 18.1 Å². The molecular weight excluding hydrogens is 252 g/mol. The van der Waals surface area contributed by atoms with Crippen LogP contribution in [0, 0.1) is 0 Å². The molecule has 4 nitrogen and oxygen atoms in total. The first-order chi connectivity index (χ1) is 9.72. The molecule has 2 aliphatic heterocycles. The van der Waals surface area contributed by atoms with Gasteiger partial charge in [-0.25, -0.2) is 0 Å². The number of ketones is 1. The number of rotatable bonds is 3. The number of amides is 1. The van der Waals surface area contributed by atoms with Crippen LogP contribution in [-0.2, 0) is 4.79 Å². The molecule has 0 spiro atoms. The molecule has 0 unspecified atom stereocenters. The zero-order chi connectivity index (χ0) is 14.1. The van der Waals surface area contributed by atoms with Crippen LogP contribution in [0.1, 0.15) is 43.0 Å². The molecule has 2 aliphatic rings. The van der Waals surface area contributed by atoms with Crippen molar-refractivity contribution >= 4 is 17.4 Å². The Hall–Kier alpha value is -1.68. The Kier molecular flexibility index (Phi) is 3.57. The molecule has 1 aromatic rings. The van der Waals surface area contributed by atoms with Crippen molar-refractivity contribution in [1.29, 1.82) is 0 Å². The molecule has 3 rings (SSSR count). The van der Waals surface area contributed by atoms with Crippen molar-refractivity contribution in [1.82, 2.24) is 4.90 Å². The first-order valence-electron chi connectivity index (χ1n) is 7.41. The van der Waals surface area contributed by atoms with E-state index in [1.807, 2.05) is 18.2 Å². The van der Waals surface area contributed by atoms with E-state index < -0.39 is 0 Å². The van der Waals surface area contributed by atoms with Crippen molar-refractivity contribution in [3.8, 4) is 0 Å². The highest BCUT2D eigenvalue weighted by Crippen LogP contribution is 2.30. The number of fused-ring (bicyclic) bond motifs is 1. The normalized spacial score (nSPS) is 23.2. The SMILES string of the molecule is CC[C@@H]1CCCCN1CN1C(=O)C(=O)c2ccccc21. The number of hydrogen-bond acceptors (Lipinski definition) is 3. The van der Waals surface area contributed by atoms with Crippen molar-refractivity contribution in [2.45, 2.75) is 38.6 Å². The van der Waals surface area contributed by atoms with Crippen LogP contribution in [0.3, 0.4) is 0 Å². The Morgan fingerprint density at radius 2 is 2.00 bits per heavy atom. The lowest BCUT2D eigenvalue weighted by molar-refractivity contribution is -0.114. The molecule has 0 aromatic heterocycles. The highest BCUT2D eigenvalue weighted by atomic mass is 16.2. The zero-order valence-electron chi connectivity index (χ0n) is 11.8. The highest BCUT2D eigenvalue weighted by molar-refractivity contribution is 6.52. The first-order valence-corrected chi connectivity index (χ1v) is 7.41. The molecule has 0 bridgehead atoms. The largest absolute Gasteiger partial charge is 0.300 e. The molecule has 1 fully saturated rings. The lowest BCUT2D eigenvalue weighted by Crippen LogP contribution is -2.47. The molecular formula is C16H20N2O2. The summed E-state index contributed by atoms with van der Waals surface area (Å²) in [6.45, 7) is 3.74. The van der Waals surface area contributed by atoms with Crippen LogP contribution in [-0.4, -0.2) is 35.8 Å². The van der Waals surface area contributed by atoms with Crippen LogP contribution in [0.4, 0.5) is 5.69 Å². The summed E-state index contributed by atoms with van der Waals surface area (Å²) >= 11 is 0. The van der Waals surface area contributed by atoms with E-state index >= 15 is 0 Å². The smallest absolute Gasteiger partial charge is 0.291 e. The Morgan fingerprint density at radius 3 is 2.80 bits per heavy atom. The van der Waals surface area contributed by atoms with Crippen LogP contribution >= 0.6 is 0 Å². The average Bonchev–Trinajstić information content (AvgIpc) is 2.73. The standard InChI is InChI=1S/C16H20N2O2/c1-2-12-7-5-6-10-17(12)11-18-14-9-4-3-8-13(14)15(19)16(18)20/h3-4,8-9,12H,2,5-7,10-11H2,1H3/t12-/m1/s1. The van der Waals surface area contributed by atoms with Gasteiger partial charge in [0.15, 0.2) is 0 Å². The summed E-state index contributed by atoms with van der Waals surface area (Å²) in [6.07, 6.45) is 4.72. The second kappa shape index (κ2) is 5.37. The first kappa shape index (κ1) is 13.3. The van der Waals surface area contributed by atoms with Crippen LogP contribution in [0.2, 0.25) is 0 Å². The molecule has 4 heteroatoms. The van der Waals surface area contributed by atoms with Crippen molar-refractivity contribution < 1.29 is 9.59 Å². The summed E-state index contributed by atoms with van der Waals surface area (Å²) in [4.78, 5) is 28.2. The molecule has 0 aliphatic carbocycles. The number of hydrogen-bond donors (Lipinski definition) is 0. The average molecular weight is 272 g/mol. The summed E-state index contributed by atoms with van der Waals surface area (Å²) in [5.41, 5.74) is 1.31. The number of benzene rings is 1. The van der Waals surface area contributed by atoms with E-state index in [9.17, 15) is 9.59 Å². The van der Waals surface area contributed by atoms with E-state index in [2.05, 4.69) is 11.8 Å². The summed E-state index contributed by atoms with van der Waals surface area (Å²) < 4.78 is 0. The molecule has 0 N–H and O–H groups in total. The second-order valence-electron chi connectivity index (χ2n) is 5.59. The monoisotopic (exact) mass is 272 g/mol. The van der Waals surface area contributed by atoms with Gasteiger partial charge in [-0.05, 0) is 31.4 Å². The maximum absolute atomic E-state index is 12.2. The Bertz CT molecular complexity index is 541. The van der Waals surface area contributed by atoms with Gasteiger partial charge in [0.05, 0.1) is 17.9 Å². The van der Waals surface area contributed by atoms with E-state index in [4.69, 9.17) is 0 Å². The van der Waals surface area contributed by atoms with Gasteiger partial charge in [-0.2, -0.15) is 0 Å². The van der Waals surface area contributed by atoms with Crippen LogP contribution in [0.15, 0.2) is 24.3 Å². The van der Waals surface area contributed by atoms with Gasteiger partial charge < -0.3 is 0 Å². The molecule has 1 saturated heterocycles. The lowest BCUT2D eigenvalue weighted by Gasteiger charge is -2.37. The van der Waals surface area contributed by atoms with E-state index in [0.717, 1.165) is 18.7 Å². The van der Waals surface area contributed by atoms with Gasteiger partial charge in [0, 0.05) is 12.6 Å². The number of nitrogens with zero attached hydrogens (tertiary/aromatic N) is 2.